The Morgan fingerprint density at radius 1 is 1.10 bits per heavy atom. The number of rotatable bonds is 6. The summed E-state index contributed by atoms with van der Waals surface area (Å²) in [6.45, 7) is 0. The summed E-state index contributed by atoms with van der Waals surface area (Å²) in [5.74, 6) is 1.17. The van der Waals surface area contributed by atoms with Gasteiger partial charge in [0.2, 0.25) is 0 Å². The molecule has 0 atom stereocenters. The third-order valence-electron chi connectivity index (χ3n) is 4.76. The van der Waals surface area contributed by atoms with E-state index in [0.29, 0.717) is 22.1 Å². The van der Waals surface area contributed by atoms with Crippen LogP contribution in [0.2, 0.25) is 0 Å². The van der Waals surface area contributed by atoms with Crippen LogP contribution < -0.4 is 16.0 Å². The number of methoxy groups -OCH3 is 1. The topological polar surface area (TPSA) is 109 Å². The number of furan rings is 1. The molecule has 0 unspecified atom stereocenters. The molecular formula is C21H18N4O5S. The molecule has 31 heavy (non-hydrogen) atoms. The fourth-order valence-corrected chi connectivity index (χ4v) is 3.95. The van der Waals surface area contributed by atoms with Crippen molar-refractivity contribution in [3.8, 4) is 17.3 Å². The molecule has 3 heterocycles. The molecule has 4 aromatic rings. The molecule has 0 saturated carbocycles. The average Bonchev–Trinajstić information content (AvgIpc) is 3.34. The first kappa shape index (κ1) is 20.6. The number of carbonyl (C=O) groups is 1. The first-order chi connectivity index (χ1) is 14.9. The lowest BCUT2D eigenvalue weighted by atomic mass is 10.1. The molecule has 0 aliphatic heterocycles. The smallest absolute Gasteiger partial charge is 0.332 e. The van der Waals surface area contributed by atoms with Crippen molar-refractivity contribution in [1.29, 1.82) is 0 Å². The Labute approximate surface area is 180 Å². The van der Waals surface area contributed by atoms with Gasteiger partial charge in [-0.25, -0.2) is 14.8 Å². The molecule has 0 bridgehead atoms. The third kappa shape index (κ3) is 3.77. The fraction of sp³-hybridized carbons (Fsp3) is 0.190. The Morgan fingerprint density at radius 3 is 2.48 bits per heavy atom. The predicted molar refractivity (Wildman–Crippen MR) is 116 cm³/mol. The van der Waals surface area contributed by atoms with Crippen molar-refractivity contribution < 1.29 is 13.9 Å². The first-order valence-electron chi connectivity index (χ1n) is 9.22. The molecule has 0 fully saturated rings. The standard InChI is InChI=1S/C21H18N4O5S/c1-24-18-16(20(27)25(2)21(24)28)19(23-17(22-18)15-5-4-10-30-15)31-11-14(26)12-6-8-13(29-3)9-7-12/h4-10H,11H2,1-3H3. The van der Waals surface area contributed by atoms with E-state index in [1.165, 1.54) is 24.9 Å². The highest BCUT2D eigenvalue weighted by Crippen LogP contribution is 2.27. The minimum absolute atomic E-state index is 0.0437. The van der Waals surface area contributed by atoms with Crippen LogP contribution in [0.1, 0.15) is 10.4 Å². The number of ether oxygens (including phenoxy) is 1. The highest BCUT2D eigenvalue weighted by Gasteiger charge is 2.20. The van der Waals surface area contributed by atoms with Gasteiger partial charge in [0.05, 0.1) is 19.1 Å². The predicted octanol–water partition coefficient (Wildman–Crippen LogP) is 2.27. The van der Waals surface area contributed by atoms with Gasteiger partial charge in [-0.15, -0.1) is 0 Å². The van der Waals surface area contributed by atoms with Crippen molar-refractivity contribution in [2.75, 3.05) is 12.9 Å². The minimum Gasteiger partial charge on any atom is -0.497 e. The molecule has 0 spiro atoms. The molecule has 10 heteroatoms. The number of hydrogen-bond donors (Lipinski definition) is 0. The molecule has 9 nitrogen and oxygen atoms in total. The molecule has 0 N–H and O–H groups in total. The van der Waals surface area contributed by atoms with Crippen LogP contribution in [0, 0.1) is 0 Å². The lowest BCUT2D eigenvalue weighted by Gasteiger charge is -2.11. The van der Waals surface area contributed by atoms with Crippen LogP contribution in [0.25, 0.3) is 22.6 Å². The van der Waals surface area contributed by atoms with Crippen LogP contribution in [0.5, 0.6) is 5.75 Å². The van der Waals surface area contributed by atoms with Crippen molar-refractivity contribution in [1.82, 2.24) is 19.1 Å². The number of benzene rings is 1. The van der Waals surface area contributed by atoms with E-state index < -0.39 is 11.2 Å². The Hall–Kier alpha value is -3.66. The van der Waals surface area contributed by atoms with Gasteiger partial charge < -0.3 is 9.15 Å². The summed E-state index contributed by atoms with van der Waals surface area (Å²) in [6, 6.07) is 10.1. The van der Waals surface area contributed by atoms with Crippen LogP contribution in [0.15, 0.2) is 61.7 Å². The number of ketones is 1. The second kappa shape index (κ2) is 8.23. The number of carbonyl (C=O) groups excluding carboxylic acids is 1. The number of hydrogen-bond acceptors (Lipinski definition) is 8. The van der Waals surface area contributed by atoms with Crippen LogP contribution in [0.3, 0.4) is 0 Å². The first-order valence-corrected chi connectivity index (χ1v) is 10.2. The number of nitrogens with zero attached hydrogens (tertiary/aromatic N) is 4. The maximum atomic E-state index is 12.8. The highest BCUT2D eigenvalue weighted by atomic mass is 32.2. The van der Waals surface area contributed by atoms with Gasteiger partial charge in [0.1, 0.15) is 16.2 Å². The zero-order chi connectivity index (χ0) is 22.1. The second-order valence-electron chi connectivity index (χ2n) is 6.67. The highest BCUT2D eigenvalue weighted by molar-refractivity contribution is 8.00. The van der Waals surface area contributed by atoms with Gasteiger partial charge in [-0.05, 0) is 36.4 Å². The van der Waals surface area contributed by atoms with E-state index in [1.807, 2.05) is 0 Å². The third-order valence-corrected chi connectivity index (χ3v) is 5.74. The SMILES string of the molecule is COc1ccc(C(=O)CSc2nc(-c3ccco3)nc3c2c(=O)n(C)c(=O)n3C)cc1. The summed E-state index contributed by atoms with van der Waals surface area (Å²) in [4.78, 5) is 46.7. The fourth-order valence-electron chi connectivity index (χ4n) is 3.04. The molecular weight excluding hydrogens is 420 g/mol. The van der Waals surface area contributed by atoms with Gasteiger partial charge in [0.25, 0.3) is 5.56 Å². The number of fused-ring (bicyclic) bond motifs is 1. The summed E-state index contributed by atoms with van der Waals surface area (Å²) in [6.07, 6.45) is 1.48. The van der Waals surface area contributed by atoms with E-state index in [0.717, 1.165) is 16.3 Å². The average molecular weight is 438 g/mol. The van der Waals surface area contributed by atoms with Gasteiger partial charge in [0.15, 0.2) is 23.0 Å². The number of thioether (sulfide) groups is 1. The Balaban J connectivity index is 1.79. The second-order valence-corrected chi connectivity index (χ2v) is 7.64. The monoisotopic (exact) mass is 438 g/mol. The molecule has 0 saturated heterocycles. The van der Waals surface area contributed by atoms with Crippen molar-refractivity contribution in [3.63, 3.8) is 0 Å². The van der Waals surface area contributed by atoms with Crippen molar-refractivity contribution in [2.45, 2.75) is 5.03 Å². The summed E-state index contributed by atoms with van der Waals surface area (Å²) in [7, 11) is 4.47. The maximum Gasteiger partial charge on any atom is 0.332 e. The molecule has 3 aromatic heterocycles. The quantitative estimate of drug-likeness (QED) is 0.256. The summed E-state index contributed by atoms with van der Waals surface area (Å²) in [5, 5.41) is 0.474. The molecule has 4 rings (SSSR count). The van der Waals surface area contributed by atoms with Crippen molar-refractivity contribution >= 4 is 28.6 Å². The number of Topliss-reactive ketones (excluding diaryl/α,β-unsaturated/α-hetero) is 1. The zero-order valence-corrected chi connectivity index (χ0v) is 17.8. The molecule has 0 aliphatic rings. The minimum atomic E-state index is -0.525. The van der Waals surface area contributed by atoms with E-state index in [2.05, 4.69) is 9.97 Å². The normalized spacial score (nSPS) is 11.1. The Bertz CT molecular complexity index is 1390. The van der Waals surface area contributed by atoms with Crippen LogP contribution >= 0.6 is 11.8 Å². The van der Waals surface area contributed by atoms with E-state index in [4.69, 9.17) is 9.15 Å². The summed E-state index contributed by atoms with van der Waals surface area (Å²) in [5.41, 5.74) is -0.345. The zero-order valence-electron chi connectivity index (χ0n) is 17.0. The maximum absolute atomic E-state index is 12.8. The number of aromatic nitrogens is 4. The van der Waals surface area contributed by atoms with Crippen molar-refractivity contribution in [3.05, 3.63) is 69.1 Å². The van der Waals surface area contributed by atoms with E-state index in [1.54, 1.807) is 43.5 Å². The van der Waals surface area contributed by atoms with Gasteiger partial charge in [-0.1, -0.05) is 11.8 Å². The Kier molecular flexibility index (Phi) is 5.47. The molecule has 0 amide bonds. The molecule has 0 aliphatic carbocycles. The van der Waals surface area contributed by atoms with Gasteiger partial charge in [-0.3, -0.25) is 18.7 Å². The van der Waals surface area contributed by atoms with E-state index in [9.17, 15) is 14.4 Å². The van der Waals surface area contributed by atoms with Crippen LogP contribution in [0.4, 0.5) is 0 Å². The van der Waals surface area contributed by atoms with Crippen LogP contribution in [-0.4, -0.2) is 37.7 Å². The lowest BCUT2D eigenvalue weighted by molar-refractivity contribution is 0.102. The van der Waals surface area contributed by atoms with Crippen molar-refractivity contribution in [2.24, 2.45) is 14.1 Å². The van der Waals surface area contributed by atoms with Crippen LogP contribution in [-0.2, 0) is 14.1 Å². The van der Waals surface area contributed by atoms with Gasteiger partial charge >= 0.3 is 5.69 Å². The van der Waals surface area contributed by atoms with Gasteiger partial charge in [0, 0.05) is 19.7 Å². The molecule has 1 aromatic carbocycles. The molecule has 158 valence electrons. The largest absolute Gasteiger partial charge is 0.497 e. The van der Waals surface area contributed by atoms with E-state index in [-0.39, 0.29) is 28.4 Å². The Morgan fingerprint density at radius 2 is 1.84 bits per heavy atom. The number of aryl methyl sites for hydroxylation is 1. The lowest BCUT2D eigenvalue weighted by Crippen LogP contribution is -2.37. The molecule has 0 radical (unpaired) electrons. The van der Waals surface area contributed by atoms with Gasteiger partial charge in [-0.2, -0.15) is 0 Å². The van der Waals surface area contributed by atoms with E-state index >= 15 is 0 Å². The summed E-state index contributed by atoms with van der Waals surface area (Å²) < 4.78 is 12.8. The summed E-state index contributed by atoms with van der Waals surface area (Å²) >= 11 is 1.11.